The van der Waals surface area contributed by atoms with Crippen molar-refractivity contribution in [3.05, 3.63) is 29.8 Å². The molecule has 1 aromatic rings. The number of amides is 1. The SMILES string of the molecule is N#Cc1ccc(NC(=O)CCN2CCC(N)CC2)cc1. The molecule has 106 valence electrons. The van der Waals surface area contributed by atoms with Crippen LogP contribution in [0.3, 0.4) is 0 Å². The highest BCUT2D eigenvalue weighted by Gasteiger charge is 2.16. The highest BCUT2D eigenvalue weighted by molar-refractivity contribution is 5.90. The van der Waals surface area contributed by atoms with E-state index in [2.05, 4.69) is 10.2 Å². The van der Waals surface area contributed by atoms with Crippen molar-refractivity contribution in [2.45, 2.75) is 25.3 Å². The number of piperidine rings is 1. The third-order valence-electron chi connectivity index (χ3n) is 3.59. The molecule has 1 amide bonds. The van der Waals surface area contributed by atoms with Crippen LogP contribution in [-0.4, -0.2) is 36.5 Å². The van der Waals surface area contributed by atoms with Crippen molar-refractivity contribution in [1.82, 2.24) is 4.90 Å². The summed E-state index contributed by atoms with van der Waals surface area (Å²) in [5.74, 6) is 0.00424. The van der Waals surface area contributed by atoms with E-state index in [-0.39, 0.29) is 5.91 Å². The second kappa shape index (κ2) is 7.04. The molecule has 2 rings (SSSR count). The van der Waals surface area contributed by atoms with Crippen LogP contribution >= 0.6 is 0 Å². The summed E-state index contributed by atoms with van der Waals surface area (Å²) < 4.78 is 0. The van der Waals surface area contributed by atoms with Gasteiger partial charge >= 0.3 is 0 Å². The van der Waals surface area contributed by atoms with E-state index in [1.165, 1.54) is 0 Å². The second-order valence-electron chi connectivity index (χ2n) is 5.17. The fraction of sp³-hybridized carbons (Fsp3) is 0.467. The molecule has 3 N–H and O–H groups in total. The maximum atomic E-state index is 11.8. The fourth-order valence-electron chi connectivity index (χ4n) is 2.29. The molecule has 1 aliphatic heterocycles. The van der Waals surface area contributed by atoms with Crippen LogP contribution in [0.5, 0.6) is 0 Å². The number of nitriles is 1. The smallest absolute Gasteiger partial charge is 0.225 e. The van der Waals surface area contributed by atoms with E-state index in [1.54, 1.807) is 24.3 Å². The zero-order chi connectivity index (χ0) is 14.4. The molecule has 0 aromatic heterocycles. The Morgan fingerprint density at radius 1 is 1.35 bits per heavy atom. The van der Waals surface area contributed by atoms with Gasteiger partial charge in [-0.15, -0.1) is 0 Å². The van der Waals surface area contributed by atoms with Gasteiger partial charge in [-0.2, -0.15) is 5.26 Å². The summed E-state index contributed by atoms with van der Waals surface area (Å²) in [4.78, 5) is 14.1. The number of benzene rings is 1. The van der Waals surface area contributed by atoms with Crippen LogP contribution in [0, 0.1) is 11.3 Å². The minimum Gasteiger partial charge on any atom is -0.328 e. The first kappa shape index (κ1) is 14.5. The topological polar surface area (TPSA) is 82.2 Å². The highest BCUT2D eigenvalue weighted by atomic mass is 16.1. The van der Waals surface area contributed by atoms with Gasteiger partial charge in [0, 0.05) is 24.7 Å². The van der Waals surface area contributed by atoms with E-state index in [0.29, 0.717) is 18.0 Å². The van der Waals surface area contributed by atoms with Crippen LogP contribution in [0.15, 0.2) is 24.3 Å². The van der Waals surface area contributed by atoms with Gasteiger partial charge in [-0.3, -0.25) is 4.79 Å². The van der Waals surface area contributed by atoms with Crippen molar-refractivity contribution in [2.75, 3.05) is 25.0 Å². The Hall–Kier alpha value is -1.90. The zero-order valence-electron chi connectivity index (χ0n) is 11.5. The summed E-state index contributed by atoms with van der Waals surface area (Å²) in [6, 6.07) is 9.25. The lowest BCUT2D eigenvalue weighted by Gasteiger charge is -2.29. The van der Waals surface area contributed by atoms with Gasteiger partial charge in [-0.05, 0) is 50.2 Å². The fourth-order valence-corrected chi connectivity index (χ4v) is 2.29. The maximum absolute atomic E-state index is 11.8. The first-order valence-electron chi connectivity index (χ1n) is 6.95. The van der Waals surface area contributed by atoms with Gasteiger partial charge < -0.3 is 16.0 Å². The summed E-state index contributed by atoms with van der Waals surface area (Å²) in [6.45, 7) is 2.73. The second-order valence-corrected chi connectivity index (χ2v) is 5.17. The Kier molecular flexibility index (Phi) is 5.10. The molecular formula is C15H20N4O. The molecule has 20 heavy (non-hydrogen) atoms. The number of likely N-dealkylation sites (tertiary alicyclic amines) is 1. The average Bonchev–Trinajstić information content (AvgIpc) is 2.47. The number of nitrogens with one attached hydrogen (secondary N) is 1. The van der Waals surface area contributed by atoms with Gasteiger partial charge in [0.2, 0.25) is 5.91 Å². The number of hydrogen-bond donors (Lipinski definition) is 2. The number of carbonyl (C=O) groups is 1. The third-order valence-corrected chi connectivity index (χ3v) is 3.59. The van der Waals surface area contributed by atoms with Crippen LogP contribution in [0.25, 0.3) is 0 Å². The van der Waals surface area contributed by atoms with E-state index < -0.39 is 0 Å². The molecular weight excluding hydrogens is 252 g/mol. The Morgan fingerprint density at radius 3 is 2.60 bits per heavy atom. The van der Waals surface area contributed by atoms with Gasteiger partial charge in [-0.1, -0.05) is 0 Å². The molecule has 0 saturated carbocycles. The summed E-state index contributed by atoms with van der Waals surface area (Å²) in [5, 5.41) is 11.5. The molecule has 1 saturated heterocycles. The number of anilines is 1. The zero-order valence-corrected chi connectivity index (χ0v) is 11.5. The summed E-state index contributed by atoms with van der Waals surface area (Å²) in [7, 11) is 0. The largest absolute Gasteiger partial charge is 0.328 e. The van der Waals surface area contributed by atoms with E-state index in [4.69, 9.17) is 11.0 Å². The lowest BCUT2D eigenvalue weighted by atomic mass is 10.1. The molecule has 1 fully saturated rings. The van der Waals surface area contributed by atoms with Crippen molar-refractivity contribution in [3.63, 3.8) is 0 Å². The van der Waals surface area contributed by atoms with Crippen molar-refractivity contribution in [2.24, 2.45) is 5.73 Å². The van der Waals surface area contributed by atoms with E-state index in [0.717, 1.165) is 38.2 Å². The quantitative estimate of drug-likeness (QED) is 0.865. The molecule has 0 aliphatic carbocycles. The van der Waals surface area contributed by atoms with Gasteiger partial charge in [0.15, 0.2) is 0 Å². The Labute approximate surface area is 119 Å². The molecule has 1 aromatic carbocycles. The normalized spacial score (nSPS) is 16.6. The van der Waals surface area contributed by atoms with E-state index >= 15 is 0 Å². The lowest BCUT2D eigenvalue weighted by molar-refractivity contribution is -0.116. The Bertz CT molecular complexity index is 484. The van der Waals surface area contributed by atoms with Crippen LogP contribution in [0.1, 0.15) is 24.8 Å². The number of nitrogens with two attached hydrogens (primary N) is 1. The minimum atomic E-state index is 0.00424. The lowest BCUT2D eigenvalue weighted by Crippen LogP contribution is -2.40. The first-order valence-corrected chi connectivity index (χ1v) is 6.95. The molecule has 1 heterocycles. The molecule has 0 radical (unpaired) electrons. The maximum Gasteiger partial charge on any atom is 0.225 e. The summed E-state index contributed by atoms with van der Waals surface area (Å²) in [6.07, 6.45) is 2.50. The van der Waals surface area contributed by atoms with Gasteiger partial charge in [0.1, 0.15) is 0 Å². The Morgan fingerprint density at radius 2 is 2.00 bits per heavy atom. The van der Waals surface area contributed by atoms with Crippen molar-refractivity contribution in [1.29, 1.82) is 5.26 Å². The van der Waals surface area contributed by atoms with Crippen LogP contribution in [0.2, 0.25) is 0 Å². The van der Waals surface area contributed by atoms with Gasteiger partial charge in [0.25, 0.3) is 0 Å². The summed E-state index contributed by atoms with van der Waals surface area (Å²) in [5.41, 5.74) is 7.17. The average molecular weight is 272 g/mol. The number of nitrogens with zero attached hydrogens (tertiary/aromatic N) is 2. The molecule has 5 heteroatoms. The number of carbonyl (C=O) groups excluding carboxylic acids is 1. The molecule has 0 unspecified atom stereocenters. The van der Waals surface area contributed by atoms with Crippen molar-refractivity contribution >= 4 is 11.6 Å². The van der Waals surface area contributed by atoms with Crippen LogP contribution in [0.4, 0.5) is 5.69 Å². The minimum absolute atomic E-state index is 0.00424. The highest BCUT2D eigenvalue weighted by Crippen LogP contribution is 2.11. The first-order chi connectivity index (χ1) is 9.67. The number of rotatable bonds is 4. The molecule has 0 atom stereocenters. The third kappa shape index (κ3) is 4.34. The predicted octanol–water partition coefficient (Wildman–Crippen LogP) is 1.31. The van der Waals surface area contributed by atoms with Crippen LogP contribution in [-0.2, 0) is 4.79 Å². The molecule has 1 aliphatic rings. The predicted molar refractivity (Wildman–Crippen MR) is 78.1 cm³/mol. The van der Waals surface area contributed by atoms with Crippen molar-refractivity contribution in [3.8, 4) is 6.07 Å². The molecule has 0 spiro atoms. The number of hydrogen-bond acceptors (Lipinski definition) is 4. The van der Waals surface area contributed by atoms with Crippen molar-refractivity contribution < 1.29 is 4.79 Å². The van der Waals surface area contributed by atoms with Crippen LogP contribution < -0.4 is 11.1 Å². The molecule has 5 nitrogen and oxygen atoms in total. The Balaban J connectivity index is 1.73. The summed E-state index contributed by atoms with van der Waals surface area (Å²) >= 11 is 0. The van der Waals surface area contributed by atoms with Gasteiger partial charge in [0.05, 0.1) is 11.6 Å². The standard InChI is InChI=1S/C15H20N4O/c16-11-12-1-3-14(4-2-12)18-15(20)7-10-19-8-5-13(17)6-9-19/h1-4,13H,5-10,17H2,(H,18,20). The van der Waals surface area contributed by atoms with E-state index in [1.807, 2.05) is 6.07 Å². The molecule has 0 bridgehead atoms. The van der Waals surface area contributed by atoms with Gasteiger partial charge in [-0.25, -0.2) is 0 Å². The van der Waals surface area contributed by atoms with E-state index in [9.17, 15) is 4.79 Å². The monoisotopic (exact) mass is 272 g/mol.